The molecule has 0 saturated carbocycles. The summed E-state index contributed by atoms with van der Waals surface area (Å²) in [5.74, 6) is 0. The zero-order chi connectivity index (χ0) is 6.62. The molecule has 0 amide bonds. The van der Waals surface area contributed by atoms with Gasteiger partial charge in [0.2, 0.25) is 0 Å². The van der Waals surface area contributed by atoms with Crippen LogP contribution in [0.5, 0.6) is 0 Å². The summed E-state index contributed by atoms with van der Waals surface area (Å²) in [7, 11) is 0. The fraction of sp³-hybridized carbons (Fsp3) is 1.00. The van der Waals surface area contributed by atoms with E-state index in [1.807, 2.05) is 0 Å². The lowest BCUT2D eigenvalue weighted by atomic mass is 10.7. The Morgan fingerprint density at radius 3 is 2.25 bits per heavy atom. The molecule has 0 radical (unpaired) electrons. The van der Waals surface area contributed by atoms with Crippen molar-refractivity contribution in [1.29, 1.82) is 0 Å². The van der Waals surface area contributed by atoms with Gasteiger partial charge in [0.15, 0.2) is 0 Å². The average Bonchev–Trinajstić information content (AvgIpc) is 1.67. The van der Waals surface area contributed by atoms with E-state index in [1.165, 1.54) is 6.92 Å². The largest absolute Gasteiger partial charge is 0.365 e. The zero-order valence-electron chi connectivity index (χ0n) is 4.46. The summed E-state index contributed by atoms with van der Waals surface area (Å²) in [6.07, 6.45) is -2.99. The van der Waals surface area contributed by atoms with E-state index in [9.17, 15) is 8.78 Å². The van der Waals surface area contributed by atoms with E-state index in [-0.39, 0.29) is 6.61 Å². The summed E-state index contributed by atoms with van der Waals surface area (Å²) >= 11 is 2.60. The third-order valence-electron chi connectivity index (χ3n) is 0.511. The van der Waals surface area contributed by atoms with Crippen molar-refractivity contribution in [1.82, 2.24) is 0 Å². The van der Waals surface area contributed by atoms with Crippen LogP contribution in [0.3, 0.4) is 0 Å². The Kier molecular flexibility index (Phi) is 3.48. The van der Waals surface area contributed by atoms with Crippen molar-refractivity contribution in [3.8, 4) is 0 Å². The molecule has 0 unspecified atom stereocenters. The Labute approximate surface area is 55.1 Å². The van der Waals surface area contributed by atoms with Crippen molar-refractivity contribution < 1.29 is 13.5 Å². The molecule has 0 fully saturated rings. The van der Waals surface area contributed by atoms with Gasteiger partial charge in [-0.3, -0.25) is 0 Å². The fourth-order valence-corrected chi connectivity index (χ4v) is 0.412. The van der Waals surface area contributed by atoms with Gasteiger partial charge >= 0.3 is 6.11 Å². The maximum absolute atomic E-state index is 11.9. The minimum Gasteiger partial charge on any atom is -0.320 e. The predicted octanol–water partition coefficient (Wildman–Crippen LogP) is 2.01. The number of ether oxygens (including phenoxy) is 1. The molecule has 0 rings (SSSR count). The first-order valence-corrected chi connectivity index (χ1v) is 3.32. The van der Waals surface area contributed by atoms with Gasteiger partial charge in [0.25, 0.3) is 0 Å². The number of rotatable bonds is 3. The second-order valence-electron chi connectivity index (χ2n) is 1.20. The van der Waals surface area contributed by atoms with Crippen LogP contribution in [0.25, 0.3) is 0 Å². The lowest BCUT2D eigenvalue weighted by molar-refractivity contribution is -0.216. The molecule has 0 atom stereocenters. The molecule has 1 nitrogen and oxygen atoms in total. The zero-order valence-corrected chi connectivity index (χ0v) is 6.04. The van der Waals surface area contributed by atoms with Crippen LogP contribution >= 0.6 is 15.9 Å². The van der Waals surface area contributed by atoms with E-state index in [1.54, 1.807) is 0 Å². The van der Waals surface area contributed by atoms with Gasteiger partial charge in [-0.15, -0.1) is 0 Å². The van der Waals surface area contributed by atoms with Gasteiger partial charge in [0.05, 0.1) is 11.9 Å². The van der Waals surface area contributed by atoms with E-state index in [0.29, 0.717) is 0 Å². The molecule has 0 aromatic rings. The first-order chi connectivity index (χ1) is 3.62. The molecule has 0 aliphatic rings. The lowest BCUT2D eigenvalue weighted by Crippen LogP contribution is -2.21. The van der Waals surface area contributed by atoms with E-state index in [4.69, 9.17) is 0 Å². The molecule has 0 aliphatic heterocycles. The normalized spacial score (nSPS) is 12.0. The van der Waals surface area contributed by atoms with Crippen LogP contribution in [-0.2, 0) is 4.74 Å². The average molecular weight is 189 g/mol. The van der Waals surface area contributed by atoms with E-state index in [0.717, 1.165) is 0 Å². The van der Waals surface area contributed by atoms with Crippen molar-refractivity contribution in [2.75, 3.05) is 11.9 Å². The Bertz CT molecular complexity index is 67.1. The van der Waals surface area contributed by atoms with Crippen LogP contribution in [0.1, 0.15) is 6.92 Å². The number of halogens is 3. The predicted molar refractivity (Wildman–Crippen MR) is 30.4 cm³/mol. The van der Waals surface area contributed by atoms with Gasteiger partial charge in [-0.25, -0.2) is 0 Å². The second-order valence-corrected chi connectivity index (χ2v) is 1.76. The van der Waals surface area contributed by atoms with Gasteiger partial charge < -0.3 is 4.74 Å². The van der Waals surface area contributed by atoms with E-state index < -0.39 is 11.4 Å². The Balaban J connectivity index is 3.37. The maximum atomic E-state index is 11.9. The van der Waals surface area contributed by atoms with Crippen molar-refractivity contribution in [2.24, 2.45) is 0 Å². The van der Waals surface area contributed by atoms with Crippen molar-refractivity contribution >= 4 is 15.9 Å². The fourth-order valence-electron chi connectivity index (χ4n) is 0.250. The van der Waals surface area contributed by atoms with E-state index >= 15 is 0 Å². The summed E-state index contributed by atoms with van der Waals surface area (Å²) in [5.41, 5.74) is 0. The van der Waals surface area contributed by atoms with Gasteiger partial charge in [-0.1, -0.05) is 15.9 Å². The van der Waals surface area contributed by atoms with Crippen LogP contribution in [0, 0.1) is 0 Å². The molecule has 4 heteroatoms. The number of hydrogen-bond acceptors (Lipinski definition) is 1. The van der Waals surface area contributed by atoms with Crippen molar-refractivity contribution in [2.45, 2.75) is 13.0 Å². The molecular formula is C4H7BrF2O. The lowest BCUT2D eigenvalue weighted by Gasteiger charge is -2.10. The summed E-state index contributed by atoms with van der Waals surface area (Å²) in [6, 6.07) is 0. The van der Waals surface area contributed by atoms with Crippen LogP contribution in [-0.4, -0.2) is 18.0 Å². The Morgan fingerprint density at radius 2 is 2.12 bits per heavy atom. The highest BCUT2D eigenvalue weighted by Crippen LogP contribution is 2.16. The summed E-state index contributed by atoms with van der Waals surface area (Å²) in [5, 5.41) is -0.437. The molecule has 0 aromatic carbocycles. The second kappa shape index (κ2) is 3.35. The van der Waals surface area contributed by atoms with Crippen LogP contribution < -0.4 is 0 Å². The van der Waals surface area contributed by atoms with Crippen molar-refractivity contribution in [3.05, 3.63) is 0 Å². The monoisotopic (exact) mass is 188 g/mol. The number of alkyl halides is 3. The molecule has 0 aliphatic carbocycles. The Morgan fingerprint density at radius 1 is 1.62 bits per heavy atom. The number of hydrogen-bond donors (Lipinski definition) is 0. The molecule has 0 saturated heterocycles. The minimum absolute atomic E-state index is 0.0403. The van der Waals surface area contributed by atoms with Gasteiger partial charge in [0, 0.05) is 0 Å². The quantitative estimate of drug-likeness (QED) is 0.617. The molecule has 50 valence electrons. The first kappa shape index (κ1) is 8.30. The third kappa shape index (κ3) is 3.32. The highest BCUT2D eigenvalue weighted by atomic mass is 79.9. The molecule has 8 heavy (non-hydrogen) atoms. The summed E-state index contributed by atoms with van der Waals surface area (Å²) in [6.45, 7) is 1.56. The first-order valence-electron chi connectivity index (χ1n) is 2.20. The molecule has 0 heterocycles. The molecule has 0 N–H and O–H groups in total. The molecule has 0 aromatic heterocycles. The Hall–Kier alpha value is 0.300. The van der Waals surface area contributed by atoms with Crippen LogP contribution in [0.2, 0.25) is 0 Å². The molecule has 0 bridgehead atoms. The van der Waals surface area contributed by atoms with Gasteiger partial charge in [-0.05, 0) is 6.92 Å². The highest BCUT2D eigenvalue weighted by molar-refractivity contribution is 9.09. The molecular weight excluding hydrogens is 182 g/mol. The SMILES string of the molecule is CCOC(F)(F)CBr. The topological polar surface area (TPSA) is 9.23 Å². The van der Waals surface area contributed by atoms with Gasteiger partial charge in [-0.2, -0.15) is 8.78 Å². The third-order valence-corrected chi connectivity index (χ3v) is 1.16. The smallest absolute Gasteiger partial charge is 0.320 e. The summed E-state index contributed by atoms with van der Waals surface area (Å²) in [4.78, 5) is 0. The van der Waals surface area contributed by atoms with Gasteiger partial charge in [0.1, 0.15) is 0 Å². The van der Waals surface area contributed by atoms with Crippen molar-refractivity contribution in [3.63, 3.8) is 0 Å². The summed E-state index contributed by atoms with van der Waals surface area (Å²) < 4.78 is 27.8. The van der Waals surface area contributed by atoms with Crippen LogP contribution in [0.15, 0.2) is 0 Å². The maximum Gasteiger partial charge on any atom is 0.365 e. The van der Waals surface area contributed by atoms with E-state index in [2.05, 4.69) is 20.7 Å². The molecule has 0 spiro atoms. The van der Waals surface area contributed by atoms with Crippen LogP contribution in [0.4, 0.5) is 8.78 Å². The standard InChI is InChI=1S/C4H7BrF2O/c1-2-8-4(6,7)3-5/h2-3H2,1H3. The highest BCUT2D eigenvalue weighted by Gasteiger charge is 2.26. The minimum atomic E-state index is -2.99.